The van der Waals surface area contributed by atoms with Crippen LogP contribution in [-0.4, -0.2) is 49.5 Å². The van der Waals surface area contributed by atoms with Crippen LogP contribution >= 0.6 is 11.8 Å². The van der Waals surface area contributed by atoms with E-state index in [9.17, 15) is 8.78 Å². The zero-order chi connectivity index (χ0) is 13.4. The molecule has 0 atom stereocenters. The Bertz CT molecular complexity index is 345. The van der Waals surface area contributed by atoms with E-state index in [1.807, 2.05) is 6.26 Å². The highest BCUT2D eigenvalue weighted by Crippen LogP contribution is 2.16. The van der Waals surface area contributed by atoms with E-state index in [4.69, 9.17) is 4.74 Å². The Kier molecular flexibility index (Phi) is 6.66. The summed E-state index contributed by atoms with van der Waals surface area (Å²) in [6.07, 6.45) is -0.548. The van der Waals surface area contributed by atoms with E-state index in [2.05, 4.69) is 20.6 Å². The maximum absolute atomic E-state index is 11.8. The lowest BCUT2D eigenvalue weighted by molar-refractivity contribution is 0.0215. The van der Waals surface area contributed by atoms with E-state index in [0.29, 0.717) is 23.3 Å². The molecule has 18 heavy (non-hydrogen) atoms. The molecule has 0 radical (unpaired) electrons. The predicted octanol–water partition coefficient (Wildman–Crippen LogP) is 1.93. The Morgan fingerprint density at radius 2 is 2.11 bits per heavy atom. The molecule has 1 aromatic rings. The van der Waals surface area contributed by atoms with Gasteiger partial charge in [0.1, 0.15) is 18.2 Å². The van der Waals surface area contributed by atoms with E-state index in [1.165, 1.54) is 11.8 Å². The predicted molar refractivity (Wildman–Crippen MR) is 68.7 cm³/mol. The number of nitrogens with one attached hydrogen (secondary N) is 2. The van der Waals surface area contributed by atoms with Gasteiger partial charge in [-0.05, 0) is 6.26 Å². The van der Waals surface area contributed by atoms with Gasteiger partial charge in [0.05, 0.1) is 6.61 Å². The summed E-state index contributed by atoms with van der Waals surface area (Å²) >= 11 is 1.43. The molecule has 5 nitrogen and oxygen atoms in total. The molecule has 0 unspecified atom stereocenters. The SMILES string of the molecule is CNc1cc(NCCOCC(F)F)nc(SC)n1. The first-order valence-corrected chi connectivity index (χ1v) is 6.58. The standard InChI is InChI=1S/C10H16F2N4OS/c1-13-8-5-9(16-10(15-8)18-2)14-3-4-17-6-7(11)12/h5,7H,3-4,6H2,1-2H3,(H2,13,14,15,16). The summed E-state index contributed by atoms with van der Waals surface area (Å²) in [5, 5.41) is 6.55. The molecule has 102 valence electrons. The van der Waals surface area contributed by atoms with Gasteiger partial charge in [-0.3, -0.25) is 0 Å². The van der Waals surface area contributed by atoms with E-state index in [1.54, 1.807) is 13.1 Å². The molecule has 1 rings (SSSR count). The number of halogens is 2. The number of anilines is 2. The molecule has 0 bridgehead atoms. The summed E-state index contributed by atoms with van der Waals surface area (Å²) < 4.78 is 28.4. The minimum atomic E-state index is -2.43. The highest BCUT2D eigenvalue weighted by Gasteiger charge is 2.03. The molecule has 0 fully saturated rings. The molecular formula is C10H16F2N4OS. The number of aromatic nitrogens is 2. The zero-order valence-corrected chi connectivity index (χ0v) is 11.1. The summed E-state index contributed by atoms with van der Waals surface area (Å²) in [5.41, 5.74) is 0. The van der Waals surface area contributed by atoms with E-state index in [0.717, 1.165) is 0 Å². The maximum Gasteiger partial charge on any atom is 0.261 e. The average Bonchev–Trinajstić information content (AvgIpc) is 2.37. The number of nitrogens with zero attached hydrogens (tertiary/aromatic N) is 2. The third-order valence-electron chi connectivity index (χ3n) is 1.94. The first-order valence-electron chi connectivity index (χ1n) is 5.36. The first-order chi connectivity index (χ1) is 8.65. The second-order valence-electron chi connectivity index (χ2n) is 3.27. The lowest BCUT2D eigenvalue weighted by Crippen LogP contribution is -2.14. The third kappa shape index (κ3) is 5.46. The molecule has 1 aromatic heterocycles. The van der Waals surface area contributed by atoms with Crippen LogP contribution in [0.5, 0.6) is 0 Å². The topological polar surface area (TPSA) is 59.1 Å². The van der Waals surface area contributed by atoms with Gasteiger partial charge in [-0.15, -0.1) is 0 Å². The minimum Gasteiger partial charge on any atom is -0.374 e. The quantitative estimate of drug-likeness (QED) is 0.430. The molecule has 0 aliphatic heterocycles. The summed E-state index contributed by atoms with van der Waals surface area (Å²) in [4.78, 5) is 8.44. The molecule has 0 aliphatic carbocycles. The molecular weight excluding hydrogens is 262 g/mol. The van der Waals surface area contributed by atoms with Crippen LogP contribution in [0.1, 0.15) is 0 Å². The van der Waals surface area contributed by atoms with Gasteiger partial charge in [-0.1, -0.05) is 11.8 Å². The molecule has 2 N–H and O–H groups in total. The molecule has 0 aliphatic rings. The van der Waals surface area contributed by atoms with Gasteiger partial charge in [0.15, 0.2) is 5.16 Å². The van der Waals surface area contributed by atoms with Crippen LogP contribution in [-0.2, 0) is 4.74 Å². The Morgan fingerprint density at radius 3 is 2.72 bits per heavy atom. The number of thioether (sulfide) groups is 1. The number of hydrogen-bond acceptors (Lipinski definition) is 6. The van der Waals surface area contributed by atoms with E-state index >= 15 is 0 Å². The largest absolute Gasteiger partial charge is 0.374 e. The smallest absolute Gasteiger partial charge is 0.261 e. The second kappa shape index (κ2) is 8.04. The Hall–Kier alpha value is -1.15. The van der Waals surface area contributed by atoms with Crippen LogP contribution in [0.2, 0.25) is 0 Å². The lowest BCUT2D eigenvalue weighted by Gasteiger charge is -2.09. The molecule has 0 saturated heterocycles. The van der Waals surface area contributed by atoms with Crippen molar-refractivity contribution in [3.05, 3.63) is 6.07 Å². The van der Waals surface area contributed by atoms with Crippen molar-refractivity contribution in [3.8, 4) is 0 Å². The maximum atomic E-state index is 11.8. The van der Waals surface area contributed by atoms with Gasteiger partial charge < -0.3 is 15.4 Å². The van der Waals surface area contributed by atoms with Gasteiger partial charge in [-0.2, -0.15) is 0 Å². The molecule has 0 amide bonds. The van der Waals surface area contributed by atoms with Crippen LogP contribution in [0, 0.1) is 0 Å². The second-order valence-corrected chi connectivity index (χ2v) is 4.04. The average molecular weight is 278 g/mol. The molecule has 8 heteroatoms. The molecule has 1 heterocycles. The van der Waals surface area contributed by atoms with Crippen molar-refractivity contribution in [1.29, 1.82) is 0 Å². The van der Waals surface area contributed by atoms with Crippen LogP contribution in [0.15, 0.2) is 11.2 Å². The highest BCUT2D eigenvalue weighted by molar-refractivity contribution is 7.98. The van der Waals surface area contributed by atoms with Crippen LogP contribution in [0.4, 0.5) is 20.4 Å². The Balaban J connectivity index is 2.41. The van der Waals surface area contributed by atoms with Crippen LogP contribution < -0.4 is 10.6 Å². The highest BCUT2D eigenvalue weighted by atomic mass is 32.2. The monoisotopic (exact) mass is 278 g/mol. The Morgan fingerprint density at radius 1 is 1.39 bits per heavy atom. The normalized spacial score (nSPS) is 10.7. The van der Waals surface area contributed by atoms with Crippen molar-refractivity contribution in [1.82, 2.24) is 9.97 Å². The van der Waals surface area contributed by atoms with Gasteiger partial charge >= 0.3 is 0 Å². The van der Waals surface area contributed by atoms with Crippen LogP contribution in [0.3, 0.4) is 0 Å². The summed E-state index contributed by atoms with van der Waals surface area (Å²) in [5.74, 6) is 1.34. The van der Waals surface area contributed by atoms with Gasteiger partial charge in [0, 0.05) is 19.7 Å². The van der Waals surface area contributed by atoms with Crippen molar-refractivity contribution in [2.24, 2.45) is 0 Å². The van der Waals surface area contributed by atoms with Gasteiger partial charge in [-0.25, -0.2) is 18.7 Å². The third-order valence-corrected chi connectivity index (χ3v) is 2.49. The number of ether oxygens (including phenoxy) is 1. The number of hydrogen-bond donors (Lipinski definition) is 2. The fraction of sp³-hybridized carbons (Fsp3) is 0.600. The van der Waals surface area contributed by atoms with Crippen molar-refractivity contribution >= 4 is 23.4 Å². The van der Waals surface area contributed by atoms with Crippen molar-refractivity contribution in [3.63, 3.8) is 0 Å². The summed E-state index contributed by atoms with van der Waals surface area (Å²) in [7, 11) is 1.77. The fourth-order valence-corrected chi connectivity index (χ4v) is 1.54. The van der Waals surface area contributed by atoms with Crippen LogP contribution in [0.25, 0.3) is 0 Å². The zero-order valence-electron chi connectivity index (χ0n) is 10.2. The van der Waals surface area contributed by atoms with Gasteiger partial charge in [0.25, 0.3) is 6.43 Å². The number of rotatable bonds is 8. The van der Waals surface area contributed by atoms with Gasteiger partial charge in [0.2, 0.25) is 0 Å². The van der Waals surface area contributed by atoms with Crippen molar-refractivity contribution < 1.29 is 13.5 Å². The number of alkyl halides is 2. The van der Waals surface area contributed by atoms with E-state index in [-0.39, 0.29) is 6.61 Å². The molecule has 0 aromatic carbocycles. The van der Waals surface area contributed by atoms with E-state index < -0.39 is 13.0 Å². The molecule has 0 saturated carbocycles. The molecule has 0 spiro atoms. The Labute approximate surface area is 109 Å². The lowest BCUT2D eigenvalue weighted by atomic mass is 10.5. The van der Waals surface area contributed by atoms with Crippen molar-refractivity contribution in [2.75, 3.05) is 43.7 Å². The summed E-state index contributed by atoms with van der Waals surface area (Å²) in [6.45, 7) is 0.0851. The van der Waals surface area contributed by atoms with Crippen molar-refractivity contribution in [2.45, 2.75) is 11.6 Å². The first kappa shape index (κ1) is 14.9. The minimum absolute atomic E-state index is 0.206. The summed E-state index contributed by atoms with van der Waals surface area (Å²) in [6, 6.07) is 1.74. The fourth-order valence-electron chi connectivity index (χ4n) is 1.16.